The van der Waals surface area contributed by atoms with E-state index in [0.717, 1.165) is 16.7 Å². The molecule has 0 aliphatic carbocycles. The highest BCUT2D eigenvalue weighted by atomic mass is 32.2. The number of tetrazole rings is 1. The number of hydrogen-bond donors (Lipinski definition) is 3. The van der Waals surface area contributed by atoms with Crippen LogP contribution in [-0.4, -0.2) is 54.2 Å². The summed E-state index contributed by atoms with van der Waals surface area (Å²) in [6.07, 6.45) is -0.138. The fourth-order valence-corrected chi connectivity index (χ4v) is 4.79. The van der Waals surface area contributed by atoms with Crippen molar-refractivity contribution in [3.8, 4) is 0 Å². The van der Waals surface area contributed by atoms with Gasteiger partial charge in [-0.05, 0) is 40.1 Å². The van der Waals surface area contributed by atoms with Crippen molar-refractivity contribution < 1.29 is 29.3 Å². The summed E-state index contributed by atoms with van der Waals surface area (Å²) >= 11 is 1.50. The van der Waals surface area contributed by atoms with Crippen LogP contribution < -0.4 is 5.32 Å². The molecule has 4 rings (SSSR count). The second-order valence-electron chi connectivity index (χ2n) is 8.67. The smallest absolute Gasteiger partial charge is 0.303 e. The number of carboxylic acid groups (broad SMARTS) is 1. The fraction of sp³-hybridized carbons (Fsp3) is 0.400. The number of anilines is 1. The van der Waals surface area contributed by atoms with E-state index >= 15 is 0 Å². The summed E-state index contributed by atoms with van der Waals surface area (Å²) in [5.74, 6) is -0.568. The van der Waals surface area contributed by atoms with E-state index in [9.17, 15) is 14.7 Å². The van der Waals surface area contributed by atoms with Crippen molar-refractivity contribution in [2.45, 2.75) is 55.9 Å². The minimum absolute atomic E-state index is 0.0304. The van der Waals surface area contributed by atoms with Crippen LogP contribution >= 0.6 is 11.8 Å². The molecule has 196 valence electrons. The van der Waals surface area contributed by atoms with Gasteiger partial charge in [-0.25, -0.2) is 4.68 Å². The second kappa shape index (κ2) is 12.8. The maximum Gasteiger partial charge on any atom is 0.303 e. The van der Waals surface area contributed by atoms with Gasteiger partial charge < -0.3 is 25.0 Å². The molecule has 1 aliphatic heterocycles. The predicted octanol–water partition coefficient (Wildman–Crippen LogP) is 3.23. The molecule has 3 N–H and O–H groups in total. The molecular weight excluding hydrogens is 498 g/mol. The molecule has 2 heterocycles. The number of carbonyl (C=O) groups is 2. The first-order valence-corrected chi connectivity index (χ1v) is 12.9. The van der Waals surface area contributed by atoms with Gasteiger partial charge in [-0.15, -0.1) is 5.10 Å². The quantitative estimate of drug-likeness (QED) is 0.317. The Labute approximate surface area is 218 Å². The number of carboxylic acids is 1. The van der Waals surface area contributed by atoms with Gasteiger partial charge in [-0.1, -0.05) is 48.2 Å². The molecule has 1 aliphatic rings. The van der Waals surface area contributed by atoms with Crippen LogP contribution in [0.3, 0.4) is 0 Å². The SMILES string of the molecule is Cn1nnnc1SC[C@H]1C[C@@H](c2ccc(CO)cc2)O[C@@H](c2cccc(NC(=O)CCCC(=O)O)c2)O1. The van der Waals surface area contributed by atoms with E-state index in [4.69, 9.17) is 14.6 Å². The van der Waals surface area contributed by atoms with Crippen LogP contribution in [0.5, 0.6) is 0 Å². The van der Waals surface area contributed by atoms with E-state index in [1.54, 1.807) is 23.9 Å². The third-order valence-electron chi connectivity index (χ3n) is 5.83. The van der Waals surface area contributed by atoms with Crippen molar-refractivity contribution in [2.75, 3.05) is 11.1 Å². The van der Waals surface area contributed by atoms with Gasteiger partial charge in [-0.2, -0.15) is 0 Å². The van der Waals surface area contributed by atoms with E-state index in [2.05, 4.69) is 20.8 Å². The van der Waals surface area contributed by atoms with Gasteiger partial charge in [0.1, 0.15) is 0 Å². The van der Waals surface area contributed by atoms with Gasteiger partial charge in [-0.3, -0.25) is 9.59 Å². The average molecular weight is 528 g/mol. The summed E-state index contributed by atoms with van der Waals surface area (Å²) < 4.78 is 14.3. The van der Waals surface area contributed by atoms with Gasteiger partial charge in [0.25, 0.3) is 0 Å². The molecule has 0 unspecified atom stereocenters. The van der Waals surface area contributed by atoms with E-state index in [1.165, 1.54) is 11.8 Å². The topological polar surface area (TPSA) is 149 Å². The zero-order valence-corrected chi connectivity index (χ0v) is 21.1. The number of aryl methyl sites for hydroxylation is 1. The Hall–Kier alpha value is -3.32. The lowest BCUT2D eigenvalue weighted by Crippen LogP contribution is -2.31. The first kappa shape index (κ1) is 26.7. The van der Waals surface area contributed by atoms with E-state index in [0.29, 0.717) is 23.0 Å². The minimum atomic E-state index is -0.926. The van der Waals surface area contributed by atoms with E-state index in [-0.39, 0.29) is 44.0 Å². The van der Waals surface area contributed by atoms with E-state index in [1.807, 2.05) is 36.4 Å². The lowest BCUT2D eigenvalue weighted by Gasteiger charge is -2.36. The Morgan fingerprint density at radius 1 is 1.14 bits per heavy atom. The molecule has 0 bridgehead atoms. The normalized spacial score (nSPS) is 19.5. The van der Waals surface area contributed by atoms with Crippen LogP contribution in [0.1, 0.15) is 54.8 Å². The third kappa shape index (κ3) is 7.59. The van der Waals surface area contributed by atoms with Crippen LogP contribution in [0, 0.1) is 0 Å². The largest absolute Gasteiger partial charge is 0.481 e. The lowest BCUT2D eigenvalue weighted by atomic mass is 10.0. The van der Waals surface area contributed by atoms with Gasteiger partial charge in [0, 0.05) is 43.3 Å². The fourth-order valence-electron chi connectivity index (χ4n) is 3.92. The summed E-state index contributed by atoms with van der Waals surface area (Å²) in [7, 11) is 1.78. The highest BCUT2D eigenvalue weighted by Gasteiger charge is 2.32. The summed E-state index contributed by atoms with van der Waals surface area (Å²) in [5.41, 5.74) is 3.12. The first-order chi connectivity index (χ1) is 17.9. The molecule has 2 aromatic carbocycles. The Morgan fingerprint density at radius 3 is 2.65 bits per heavy atom. The number of amides is 1. The third-order valence-corrected chi connectivity index (χ3v) is 6.97. The van der Waals surface area contributed by atoms with Gasteiger partial charge in [0.2, 0.25) is 11.1 Å². The van der Waals surface area contributed by atoms with Crippen LogP contribution in [0.25, 0.3) is 0 Å². The summed E-state index contributed by atoms with van der Waals surface area (Å²) in [4.78, 5) is 22.9. The van der Waals surface area contributed by atoms with Crippen LogP contribution in [-0.2, 0) is 32.7 Å². The molecule has 1 aromatic heterocycles. The number of benzene rings is 2. The maximum absolute atomic E-state index is 12.2. The standard InChI is InChI=1S/C25H29N5O6S/c1-30-25(27-28-29-30)37-15-20-13-21(17-10-8-16(14-31)9-11-17)36-24(35-20)18-4-2-5-19(12-18)26-22(32)6-3-7-23(33)34/h2,4-5,8-12,20-21,24,31H,3,6-7,13-15H2,1H3,(H,26,32)(H,33,34)/t20-,21+,24+/m1/s1. The molecule has 11 nitrogen and oxygen atoms in total. The Balaban J connectivity index is 1.48. The molecular formula is C25H29N5O6S. The number of rotatable bonds is 11. The van der Waals surface area contributed by atoms with Gasteiger partial charge in [0.15, 0.2) is 6.29 Å². The highest BCUT2D eigenvalue weighted by molar-refractivity contribution is 7.99. The first-order valence-electron chi connectivity index (χ1n) is 11.9. The summed E-state index contributed by atoms with van der Waals surface area (Å²) in [6, 6.07) is 14.9. The number of aliphatic carboxylic acids is 1. The Kier molecular flexibility index (Phi) is 9.23. The lowest BCUT2D eigenvalue weighted by molar-refractivity contribution is -0.245. The van der Waals surface area contributed by atoms with Crippen molar-refractivity contribution in [3.05, 3.63) is 65.2 Å². The number of thioether (sulfide) groups is 1. The molecule has 0 spiro atoms. The highest BCUT2D eigenvalue weighted by Crippen LogP contribution is 2.39. The van der Waals surface area contributed by atoms with Gasteiger partial charge in [0.05, 0.1) is 18.8 Å². The molecule has 0 saturated carbocycles. The van der Waals surface area contributed by atoms with Crippen LogP contribution in [0.2, 0.25) is 0 Å². The average Bonchev–Trinajstić information content (AvgIpc) is 3.31. The molecule has 1 saturated heterocycles. The molecule has 1 amide bonds. The zero-order valence-electron chi connectivity index (χ0n) is 20.3. The molecule has 3 atom stereocenters. The monoisotopic (exact) mass is 527 g/mol. The molecule has 3 aromatic rings. The van der Waals surface area contributed by atoms with E-state index < -0.39 is 12.3 Å². The van der Waals surface area contributed by atoms with Crippen LogP contribution in [0.4, 0.5) is 5.69 Å². The minimum Gasteiger partial charge on any atom is -0.481 e. The van der Waals surface area contributed by atoms with Crippen molar-refractivity contribution in [3.63, 3.8) is 0 Å². The number of ether oxygens (including phenoxy) is 2. The molecule has 37 heavy (non-hydrogen) atoms. The van der Waals surface area contributed by atoms with Crippen molar-refractivity contribution in [1.82, 2.24) is 20.2 Å². The Bertz CT molecular complexity index is 1200. The van der Waals surface area contributed by atoms with Crippen molar-refractivity contribution >= 4 is 29.3 Å². The number of aromatic nitrogens is 4. The summed E-state index contributed by atoms with van der Waals surface area (Å²) in [5, 5.41) is 33.2. The number of aliphatic hydroxyl groups excluding tert-OH is 1. The second-order valence-corrected chi connectivity index (χ2v) is 9.65. The predicted molar refractivity (Wildman–Crippen MR) is 135 cm³/mol. The van der Waals surface area contributed by atoms with Gasteiger partial charge >= 0.3 is 5.97 Å². The van der Waals surface area contributed by atoms with Crippen molar-refractivity contribution in [1.29, 1.82) is 0 Å². The zero-order chi connectivity index (χ0) is 26.2. The number of carbonyl (C=O) groups excluding carboxylic acids is 1. The summed E-state index contributed by atoms with van der Waals surface area (Å²) in [6.45, 7) is -0.0304. The molecule has 1 fully saturated rings. The molecule has 0 radical (unpaired) electrons. The van der Waals surface area contributed by atoms with Crippen LogP contribution in [0.15, 0.2) is 53.7 Å². The number of hydrogen-bond acceptors (Lipinski definition) is 9. The maximum atomic E-state index is 12.2. The molecule has 12 heteroatoms. The number of nitrogens with one attached hydrogen (secondary N) is 1. The number of aliphatic hydroxyl groups is 1. The number of nitrogens with zero attached hydrogens (tertiary/aromatic N) is 4. The van der Waals surface area contributed by atoms with Crippen molar-refractivity contribution in [2.24, 2.45) is 7.05 Å². The Morgan fingerprint density at radius 2 is 1.95 bits per heavy atom.